The van der Waals surface area contributed by atoms with Crippen LogP contribution in [0.1, 0.15) is 18.1 Å². The fourth-order valence-electron chi connectivity index (χ4n) is 2.07. The Morgan fingerprint density at radius 1 is 1.44 bits per heavy atom. The first-order valence-corrected chi connectivity index (χ1v) is 6.15. The van der Waals surface area contributed by atoms with Crippen molar-refractivity contribution in [3.63, 3.8) is 0 Å². The molecule has 4 heteroatoms. The summed E-state index contributed by atoms with van der Waals surface area (Å²) in [5, 5.41) is 8.88. The zero-order valence-corrected chi connectivity index (χ0v) is 10.8. The Balaban J connectivity index is 2.08. The van der Waals surface area contributed by atoms with Gasteiger partial charge in [0, 0.05) is 19.2 Å². The lowest BCUT2D eigenvalue weighted by atomic mass is 10.00. The molecule has 0 aliphatic carbocycles. The van der Waals surface area contributed by atoms with Crippen molar-refractivity contribution in [3.8, 4) is 0 Å². The second-order valence-electron chi connectivity index (χ2n) is 4.77. The van der Waals surface area contributed by atoms with E-state index in [0.717, 1.165) is 30.1 Å². The molecule has 0 radical (unpaired) electrons. The number of amidine groups is 1. The van der Waals surface area contributed by atoms with Crippen molar-refractivity contribution >= 4 is 11.8 Å². The van der Waals surface area contributed by atoms with Crippen molar-refractivity contribution in [3.05, 3.63) is 35.4 Å². The number of hydrogen-bond donors (Lipinski definition) is 1. The Morgan fingerprint density at radius 3 is 2.61 bits per heavy atom. The van der Waals surface area contributed by atoms with Crippen LogP contribution in [-0.2, 0) is 11.2 Å². The van der Waals surface area contributed by atoms with Gasteiger partial charge in [0.25, 0.3) is 0 Å². The van der Waals surface area contributed by atoms with Crippen molar-refractivity contribution in [2.45, 2.75) is 13.3 Å². The smallest absolute Gasteiger partial charge is 0.306 e. The molecule has 0 saturated carbocycles. The van der Waals surface area contributed by atoms with Gasteiger partial charge in [-0.15, -0.1) is 0 Å². The topological polar surface area (TPSA) is 52.9 Å². The largest absolute Gasteiger partial charge is 0.481 e. The molecule has 1 heterocycles. The number of likely N-dealkylation sites (N-methyl/N-ethyl adjacent to an activating group) is 1. The highest BCUT2D eigenvalue weighted by molar-refractivity contribution is 5.99. The van der Waals surface area contributed by atoms with Crippen LogP contribution in [0.25, 0.3) is 0 Å². The van der Waals surface area contributed by atoms with Crippen molar-refractivity contribution in [2.24, 2.45) is 10.9 Å². The third-order valence-corrected chi connectivity index (χ3v) is 3.23. The minimum atomic E-state index is -0.751. The number of nitrogens with zero attached hydrogens (tertiary/aromatic N) is 2. The summed E-state index contributed by atoms with van der Waals surface area (Å²) in [4.78, 5) is 17.4. The van der Waals surface area contributed by atoms with E-state index in [1.807, 2.05) is 31.3 Å². The van der Waals surface area contributed by atoms with Crippen LogP contribution in [0.15, 0.2) is 29.3 Å². The molecular weight excluding hydrogens is 228 g/mol. The van der Waals surface area contributed by atoms with E-state index in [-0.39, 0.29) is 5.92 Å². The van der Waals surface area contributed by atoms with Crippen LogP contribution in [0.4, 0.5) is 0 Å². The third kappa shape index (κ3) is 2.70. The molecule has 1 aliphatic rings. The summed E-state index contributed by atoms with van der Waals surface area (Å²) >= 11 is 0. The third-order valence-electron chi connectivity index (χ3n) is 3.23. The molecule has 1 aromatic rings. The van der Waals surface area contributed by atoms with E-state index in [2.05, 4.69) is 9.89 Å². The first kappa shape index (κ1) is 12.6. The minimum Gasteiger partial charge on any atom is -0.481 e. The number of benzene rings is 1. The Bertz CT molecular complexity index is 465. The molecule has 96 valence electrons. The molecule has 1 atom stereocenters. The molecule has 18 heavy (non-hydrogen) atoms. The molecule has 1 unspecified atom stereocenters. The Hall–Kier alpha value is -1.84. The first-order valence-electron chi connectivity index (χ1n) is 6.15. The van der Waals surface area contributed by atoms with Crippen LogP contribution >= 0.6 is 0 Å². The molecule has 0 spiro atoms. The Morgan fingerprint density at radius 2 is 2.11 bits per heavy atom. The zero-order chi connectivity index (χ0) is 13.1. The summed E-state index contributed by atoms with van der Waals surface area (Å²) in [5.41, 5.74) is 2.15. The molecule has 0 amide bonds. The van der Waals surface area contributed by atoms with Crippen LogP contribution < -0.4 is 0 Å². The second-order valence-corrected chi connectivity index (χ2v) is 4.77. The van der Waals surface area contributed by atoms with Gasteiger partial charge >= 0.3 is 5.97 Å². The highest BCUT2D eigenvalue weighted by Gasteiger charge is 2.15. The van der Waals surface area contributed by atoms with Gasteiger partial charge in [0.1, 0.15) is 5.84 Å². The molecule has 1 aromatic carbocycles. The molecule has 0 bridgehead atoms. The molecule has 0 fully saturated rings. The lowest BCUT2D eigenvalue weighted by Gasteiger charge is -2.14. The maximum atomic E-state index is 10.8. The van der Waals surface area contributed by atoms with Crippen LogP contribution in [0.3, 0.4) is 0 Å². The lowest BCUT2D eigenvalue weighted by molar-refractivity contribution is -0.141. The van der Waals surface area contributed by atoms with Gasteiger partial charge in [0.05, 0.1) is 12.5 Å². The fraction of sp³-hybridized carbons (Fsp3) is 0.429. The van der Waals surface area contributed by atoms with E-state index in [4.69, 9.17) is 5.11 Å². The molecular formula is C14H18N2O2. The maximum absolute atomic E-state index is 10.8. The number of hydrogen-bond acceptors (Lipinski definition) is 3. The highest BCUT2D eigenvalue weighted by atomic mass is 16.4. The van der Waals surface area contributed by atoms with E-state index < -0.39 is 5.97 Å². The average Bonchev–Trinajstić information content (AvgIpc) is 2.76. The number of aliphatic imine (C=N–C) groups is 1. The number of carboxylic acids is 1. The summed E-state index contributed by atoms with van der Waals surface area (Å²) in [5.74, 6) is -0.0749. The van der Waals surface area contributed by atoms with Crippen molar-refractivity contribution in [2.75, 3.05) is 20.1 Å². The number of carbonyl (C=O) groups is 1. The van der Waals surface area contributed by atoms with Crippen LogP contribution in [0.5, 0.6) is 0 Å². The number of rotatable bonds is 4. The fourth-order valence-corrected chi connectivity index (χ4v) is 2.07. The SMILES string of the molecule is CC(Cc1ccc(C2=NCCN2C)cc1)C(=O)O. The van der Waals surface area contributed by atoms with Gasteiger partial charge in [0.15, 0.2) is 0 Å². The Kier molecular flexibility index (Phi) is 3.65. The standard InChI is InChI=1S/C14H18N2O2/c1-10(14(17)18)9-11-3-5-12(6-4-11)13-15-7-8-16(13)2/h3-6,10H,7-9H2,1-2H3,(H,17,18). The molecule has 0 aromatic heterocycles. The van der Waals surface area contributed by atoms with Gasteiger partial charge in [0.2, 0.25) is 0 Å². The van der Waals surface area contributed by atoms with Gasteiger partial charge in [-0.3, -0.25) is 9.79 Å². The van der Waals surface area contributed by atoms with E-state index in [9.17, 15) is 4.79 Å². The predicted molar refractivity (Wildman–Crippen MR) is 71.0 cm³/mol. The van der Waals surface area contributed by atoms with E-state index in [1.54, 1.807) is 6.92 Å². The lowest BCUT2D eigenvalue weighted by Crippen LogP contribution is -2.23. The maximum Gasteiger partial charge on any atom is 0.306 e. The van der Waals surface area contributed by atoms with Gasteiger partial charge < -0.3 is 10.0 Å². The van der Waals surface area contributed by atoms with Crippen LogP contribution in [-0.4, -0.2) is 41.9 Å². The summed E-state index contributed by atoms with van der Waals surface area (Å²) in [6.45, 7) is 3.54. The molecule has 0 saturated heterocycles. The normalized spacial score (nSPS) is 16.6. The van der Waals surface area contributed by atoms with Crippen LogP contribution in [0, 0.1) is 5.92 Å². The monoisotopic (exact) mass is 246 g/mol. The number of aliphatic carboxylic acids is 1. The summed E-state index contributed by atoms with van der Waals surface area (Å²) < 4.78 is 0. The van der Waals surface area contributed by atoms with Crippen LogP contribution in [0.2, 0.25) is 0 Å². The van der Waals surface area contributed by atoms with E-state index in [1.165, 1.54) is 0 Å². The summed E-state index contributed by atoms with van der Waals surface area (Å²) in [6.07, 6.45) is 0.567. The molecule has 2 rings (SSSR count). The van der Waals surface area contributed by atoms with E-state index in [0.29, 0.717) is 6.42 Å². The molecule has 1 aliphatic heterocycles. The zero-order valence-electron chi connectivity index (χ0n) is 10.8. The summed E-state index contributed by atoms with van der Waals surface area (Å²) in [7, 11) is 2.03. The van der Waals surface area contributed by atoms with Gasteiger partial charge in [-0.05, 0) is 12.0 Å². The first-order chi connectivity index (χ1) is 8.58. The summed E-state index contributed by atoms with van der Waals surface area (Å²) in [6, 6.07) is 8.02. The van der Waals surface area contributed by atoms with E-state index >= 15 is 0 Å². The molecule has 1 N–H and O–H groups in total. The Labute approximate surface area is 107 Å². The second kappa shape index (κ2) is 5.21. The predicted octanol–water partition coefficient (Wildman–Crippen LogP) is 1.64. The highest BCUT2D eigenvalue weighted by Crippen LogP contribution is 2.14. The van der Waals surface area contributed by atoms with Gasteiger partial charge in [-0.25, -0.2) is 0 Å². The average molecular weight is 246 g/mol. The van der Waals surface area contributed by atoms with Crippen molar-refractivity contribution in [1.82, 2.24) is 4.90 Å². The minimum absolute atomic E-state index is 0.345. The van der Waals surface area contributed by atoms with Gasteiger partial charge in [-0.2, -0.15) is 0 Å². The quantitative estimate of drug-likeness (QED) is 0.878. The number of carboxylic acid groups (broad SMARTS) is 1. The molecule has 4 nitrogen and oxygen atoms in total. The van der Waals surface area contributed by atoms with Crippen molar-refractivity contribution < 1.29 is 9.90 Å². The van der Waals surface area contributed by atoms with Crippen molar-refractivity contribution in [1.29, 1.82) is 0 Å². The van der Waals surface area contributed by atoms with Gasteiger partial charge in [-0.1, -0.05) is 31.2 Å².